The molecule has 1 aromatic carbocycles. The van der Waals surface area contributed by atoms with Gasteiger partial charge in [-0.05, 0) is 18.5 Å². The fourth-order valence-electron chi connectivity index (χ4n) is 1.17. The molecule has 0 aliphatic heterocycles. The second kappa shape index (κ2) is 10.9. The maximum absolute atomic E-state index is 5.44. The van der Waals surface area contributed by atoms with Crippen LogP contribution in [0.1, 0.15) is 12.0 Å². The highest BCUT2D eigenvalue weighted by atomic mass is 35.5. The fraction of sp³-hybridized carbons (Fsp3) is 0.500. The number of ether oxygens (including phenoxy) is 2. The first-order valence-electron chi connectivity index (χ1n) is 5.33. The fourth-order valence-corrected chi connectivity index (χ4v) is 1.17. The van der Waals surface area contributed by atoms with Crippen LogP contribution >= 0.6 is 12.4 Å². The highest BCUT2D eigenvalue weighted by Crippen LogP contribution is 1.99. The Morgan fingerprint density at radius 2 is 1.62 bits per heavy atom. The molecule has 0 radical (unpaired) electrons. The zero-order chi connectivity index (χ0) is 10.8. The van der Waals surface area contributed by atoms with E-state index in [1.807, 2.05) is 18.2 Å². The van der Waals surface area contributed by atoms with Gasteiger partial charge < -0.3 is 15.2 Å². The highest BCUT2D eigenvalue weighted by molar-refractivity contribution is 5.85. The zero-order valence-electron chi connectivity index (χ0n) is 9.43. The molecular weight excluding hydrogens is 226 g/mol. The lowest BCUT2D eigenvalue weighted by Gasteiger charge is -2.05. The summed E-state index contributed by atoms with van der Waals surface area (Å²) in [4.78, 5) is 0. The third-order valence-corrected chi connectivity index (χ3v) is 1.98. The Hall–Kier alpha value is -0.610. The van der Waals surface area contributed by atoms with Gasteiger partial charge in [0, 0.05) is 6.61 Å². The predicted molar refractivity (Wildman–Crippen MR) is 67.8 cm³/mol. The van der Waals surface area contributed by atoms with E-state index >= 15 is 0 Å². The smallest absolute Gasteiger partial charge is 0.0718 e. The summed E-state index contributed by atoms with van der Waals surface area (Å²) < 4.78 is 10.8. The Morgan fingerprint density at radius 3 is 2.31 bits per heavy atom. The maximum Gasteiger partial charge on any atom is 0.0718 e. The molecule has 0 heterocycles. The molecule has 0 aliphatic carbocycles. The van der Waals surface area contributed by atoms with Crippen LogP contribution in [-0.2, 0) is 16.1 Å². The number of benzene rings is 1. The molecule has 0 saturated carbocycles. The van der Waals surface area contributed by atoms with Gasteiger partial charge in [-0.3, -0.25) is 0 Å². The number of nitrogens with two attached hydrogens (primary N) is 1. The summed E-state index contributed by atoms with van der Waals surface area (Å²) in [6.07, 6.45) is 0.915. The quantitative estimate of drug-likeness (QED) is 0.713. The molecule has 0 aliphatic rings. The van der Waals surface area contributed by atoms with Crippen LogP contribution in [0, 0.1) is 0 Å². The van der Waals surface area contributed by atoms with Gasteiger partial charge in [-0.1, -0.05) is 30.3 Å². The molecule has 0 saturated heterocycles. The van der Waals surface area contributed by atoms with Gasteiger partial charge in [0.25, 0.3) is 0 Å². The first-order chi connectivity index (χ1) is 7.43. The summed E-state index contributed by atoms with van der Waals surface area (Å²) in [6.45, 7) is 3.35. The van der Waals surface area contributed by atoms with E-state index in [2.05, 4.69) is 12.1 Å². The van der Waals surface area contributed by atoms with Crippen molar-refractivity contribution in [3.8, 4) is 0 Å². The molecule has 0 fully saturated rings. The van der Waals surface area contributed by atoms with Crippen LogP contribution in [0.4, 0.5) is 0 Å². The van der Waals surface area contributed by atoms with Crippen molar-refractivity contribution in [3.05, 3.63) is 35.9 Å². The van der Waals surface area contributed by atoms with Gasteiger partial charge in [0.2, 0.25) is 0 Å². The minimum absolute atomic E-state index is 0. The second-order valence-corrected chi connectivity index (χ2v) is 3.29. The van der Waals surface area contributed by atoms with Crippen molar-refractivity contribution in [1.29, 1.82) is 0 Å². The normalized spacial score (nSPS) is 9.81. The van der Waals surface area contributed by atoms with Crippen LogP contribution in [-0.4, -0.2) is 26.4 Å². The first kappa shape index (κ1) is 15.4. The first-order valence-corrected chi connectivity index (χ1v) is 5.33. The van der Waals surface area contributed by atoms with Gasteiger partial charge in [-0.15, -0.1) is 12.4 Å². The Labute approximate surface area is 103 Å². The van der Waals surface area contributed by atoms with Gasteiger partial charge in [0.15, 0.2) is 0 Å². The van der Waals surface area contributed by atoms with Crippen molar-refractivity contribution in [2.75, 3.05) is 26.4 Å². The largest absolute Gasteiger partial charge is 0.379 e. The minimum Gasteiger partial charge on any atom is -0.379 e. The molecule has 92 valence electrons. The van der Waals surface area contributed by atoms with Crippen molar-refractivity contribution in [1.82, 2.24) is 0 Å². The Kier molecular flexibility index (Phi) is 10.5. The lowest BCUT2D eigenvalue weighted by molar-refractivity contribution is 0.0403. The van der Waals surface area contributed by atoms with Crippen LogP contribution in [0.3, 0.4) is 0 Å². The third-order valence-electron chi connectivity index (χ3n) is 1.98. The van der Waals surface area contributed by atoms with Gasteiger partial charge in [-0.25, -0.2) is 0 Å². The van der Waals surface area contributed by atoms with Crippen LogP contribution < -0.4 is 5.73 Å². The van der Waals surface area contributed by atoms with E-state index in [0.717, 1.165) is 13.0 Å². The van der Waals surface area contributed by atoms with Crippen molar-refractivity contribution < 1.29 is 9.47 Å². The molecule has 0 atom stereocenters. The Balaban J connectivity index is 0.00000225. The summed E-state index contributed by atoms with van der Waals surface area (Å²) in [5, 5.41) is 0. The summed E-state index contributed by atoms with van der Waals surface area (Å²) in [7, 11) is 0. The van der Waals surface area contributed by atoms with Crippen LogP contribution in [0.5, 0.6) is 0 Å². The van der Waals surface area contributed by atoms with Crippen molar-refractivity contribution in [2.45, 2.75) is 13.0 Å². The predicted octanol–water partition coefficient (Wildman–Crippen LogP) is 1.99. The van der Waals surface area contributed by atoms with Crippen molar-refractivity contribution >= 4 is 12.4 Å². The third kappa shape index (κ3) is 7.65. The molecule has 1 aromatic rings. The van der Waals surface area contributed by atoms with E-state index in [1.165, 1.54) is 5.56 Å². The SMILES string of the molecule is Cl.NCCCOCCOCc1ccccc1. The van der Waals surface area contributed by atoms with E-state index in [9.17, 15) is 0 Å². The van der Waals surface area contributed by atoms with E-state index in [0.29, 0.717) is 26.4 Å². The lowest BCUT2D eigenvalue weighted by atomic mass is 10.2. The maximum atomic E-state index is 5.44. The molecule has 0 aromatic heterocycles. The Bertz CT molecular complexity index is 244. The molecule has 4 heteroatoms. The molecule has 0 bridgehead atoms. The molecule has 16 heavy (non-hydrogen) atoms. The number of rotatable bonds is 8. The van der Waals surface area contributed by atoms with E-state index < -0.39 is 0 Å². The van der Waals surface area contributed by atoms with Crippen LogP contribution in [0.25, 0.3) is 0 Å². The van der Waals surface area contributed by atoms with E-state index in [4.69, 9.17) is 15.2 Å². The summed E-state index contributed by atoms with van der Waals surface area (Å²) >= 11 is 0. The van der Waals surface area contributed by atoms with Crippen molar-refractivity contribution in [3.63, 3.8) is 0 Å². The number of hydrogen-bond acceptors (Lipinski definition) is 3. The van der Waals surface area contributed by atoms with Gasteiger partial charge >= 0.3 is 0 Å². The second-order valence-electron chi connectivity index (χ2n) is 3.29. The summed E-state index contributed by atoms with van der Waals surface area (Å²) in [5.41, 5.74) is 6.53. The molecule has 0 amide bonds. The average molecular weight is 246 g/mol. The molecular formula is C12H20ClNO2. The summed E-state index contributed by atoms with van der Waals surface area (Å²) in [5.74, 6) is 0. The highest BCUT2D eigenvalue weighted by Gasteiger charge is 1.92. The van der Waals surface area contributed by atoms with Gasteiger partial charge in [-0.2, -0.15) is 0 Å². The van der Waals surface area contributed by atoms with Crippen LogP contribution in [0.2, 0.25) is 0 Å². The zero-order valence-corrected chi connectivity index (χ0v) is 10.2. The van der Waals surface area contributed by atoms with Crippen LogP contribution in [0.15, 0.2) is 30.3 Å². The molecule has 0 unspecified atom stereocenters. The van der Waals surface area contributed by atoms with Crippen molar-refractivity contribution in [2.24, 2.45) is 5.73 Å². The molecule has 2 N–H and O–H groups in total. The standard InChI is InChI=1S/C12H19NO2.ClH/c13-7-4-8-14-9-10-15-11-12-5-2-1-3-6-12;/h1-3,5-6H,4,7-11,13H2;1H. The van der Waals surface area contributed by atoms with Gasteiger partial charge in [0.05, 0.1) is 19.8 Å². The topological polar surface area (TPSA) is 44.5 Å². The molecule has 0 spiro atoms. The van der Waals surface area contributed by atoms with E-state index in [1.54, 1.807) is 0 Å². The van der Waals surface area contributed by atoms with E-state index in [-0.39, 0.29) is 12.4 Å². The number of hydrogen-bond donors (Lipinski definition) is 1. The number of halogens is 1. The molecule has 3 nitrogen and oxygen atoms in total. The minimum atomic E-state index is 0. The summed E-state index contributed by atoms with van der Waals surface area (Å²) in [6, 6.07) is 10.1. The molecule has 1 rings (SSSR count). The monoisotopic (exact) mass is 245 g/mol. The Morgan fingerprint density at radius 1 is 0.938 bits per heavy atom. The van der Waals surface area contributed by atoms with Gasteiger partial charge in [0.1, 0.15) is 0 Å². The average Bonchev–Trinajstić information content (AvgIpc) is 2.29. The lowest BCUT2D eigenvalue weighted by Crippen LogP contribution is -2.08.